The van der Waals surface area contributed by atoms with E-state index in [9.17, 15) is 9.59 Å². The lowest BCUT2D eigenvalue weighted by Crippen LogP contribution is -2.30. The molecule has 1 aliphatic rings. The second-order valence-electron chi connectivity index (χ2n) is 3.93. The molecule has 19 heavy (non-hydrogen) atoms. The zero-order valence-electron chi connectivity index (χ0n) is 9.78. The smallest absolute Gasteiger partial charge is 0.308 e. The van der Waals surface area contributed by atoms with Gasteiger partial charge >= 0.3 is 5.97 Å². The highest BCUT2D eigenvalue weighted by Gasteiger charge is 2.31. The number of halogens is 3. The molecule has 0 saturated carbocycles. The lowest BCUT2D eigenvalue weighted by molar-refractivity contribution is -0.141. The number of likely N-dealkylation sites (tertiary alicyclic amines) is 1. The zero-order valence-corrected chi connectivity index (χ0v) is 12.2. The summed E-state index contributed by atoms with van der Waals surface area (Å²) in [4.78, 5) is 28.2. The maximum absolute atomic E-state index is 12.1. The largest absolute Gasteiger partial charge is 0.481 e. The molecule has 0 spiro atoms. The molecule has 1 saturated heterocycles. The molecule has 106 valence electrons. The number of pyridine rings is 1. The van der Waals surface area contributed by atoms with Crippen LogP contribution in [0.15, 0.2) is 18.5 Å². The van der Waals surface area contributed by atoms with Gasteiger partial charge in [-0.3, -0.25) is 14.6 Å². The summed E-state index contributed by atoms with van der Waals surface area (Å²) in [6.07, 6.45) is 3.38. The number of amides is 1. The fourth-order valence-corrected chi connectivity index (χ4v) is 2.07. The first-order valence-corrected chi connectivity index (χ1v) is 5.59. The summed E-state index contributed by atoms with van der Waals surface area (Å²) in [5.74, 6) is -1.57. The van der Waals surface area contributed by atoms with E-state index < -0.39 is 11.9 Å². The molecule has 0 bridgehead atoms. The van der Waals surface area contributed by atoms with Crippen LogP contribution in [-0.2, 0) is 4.79 Å². The van der Waals surface area contributed by atoms with Gasteiger partial charge in [0.2, 0.25) is 0 Å². The van der Waals surface area contributed by atoms with E-state index >= 15 is 0 Å². The summed E-state index contributed by atoms with van der Waals surface area (Å²) in [5.41, 5.74) is 0.368. The highest BCUT2D eigenvalue weighted by atomic mass is 35.5. The van der Waals surface area contributed by atoms with E-state index in [2.05, 4.69) is 4.98 Å². The molecule has 5 nitrogen and oxygen atoms in total. The third-order valence-electron chi connectivity index (χ3n) is 2.83. The van der Waals surface area contributed by atoms with Gasteiger partial charge in [-0.1, -0.05) is 11.6 Å². The van der Waals surface area contributed by atoms with Crippen molar-refractivity contribution in [1.29, 1.82) is 0 Å². The van der Waals surface area contributed by atoms with E-state index in [0.717, 1.165) is 0 Å². The minimum Gasteiger partial charge on any atom is -0.481 e. The van der Waals surface area contributed by atoms with Crippen LogP contribution in [0.25, 0.3) is 0 Å². The van der Waals surface area contributed by atoms with Gasteiger partial charge in [0.25, 0.3) is 5.91 Å². The molecule has 1 aromatic rings. The summed E-state index contributed by atoms with van der Waals surface area (Å²) >= 11 is 5.87. The third-order valence-corrected chi connectivity index (χ3v) is 3.13. The van der Waals surface area contributed by atoms with Crippen LogP contribution in [0.2, 0.25) is 5.02 Å². The quantitative estimate of drug-likeness (QED) is 0.903. The first-order chi connectivity index (χ1) is 8.09. The van der Waals surface area contributed by atoms with Gasteiger partial charge in [0.15, 0.2) is 0 Å². The van der Waals surface area contributed by atoms with Crippen molar-refractivity contribution in [2.75, 3.05) is 13.1 Å². The van der Waals surface area contributed by atoms with E-state index in [0.29, 0.717) is 18.5 Å². The Labute approximate surface area is 127 Å². The number of hydrogen-bond donors (Lipinski definition) is 1. The van der Waals surface area contributed by atoms with Crippen molar-refractivity contribution in [1.82, 2.24) is 9.88 Å². The molecule has 2 rings (SSSR count). The van der Waals surface area contributed by atoms with Crippen molar-refractivity contribution in [2.45, 2.75) is 6.42 Å². The molecule has 1 amide bonds. The second-order valence-corrected chi connectivity index (χ2v) is 4.34. The average Bonchev–Trinajstić information content (AvgIpc) is 2.78. The van der Waals surface area contributed by atoms with Gasteiger partial charge in [-0.05, 0) is 12.5 Å². The highest BCUT2D eigenvalue weighted by Crippen LogP contribution is 2.21. The van der Waals surface area contributed by atoms with Crippen LogP contribution < -0.4 is 0 Å². The van der Waals surface area contributed by atoms with E-state index in [1.165, 1.54) is 17.3 Å². The number of aliphatic carboxylic acids is 1. The van der Waals surface area contributed by atoms with Crippen molar-refractivity contribution in [3.63, 3.8) is 0 Å². The summed E-state index contributed by atoms with van der Waals surface area (Å²) in [6, 6.07) is 1.54. The van der Waals surface area contributed by atoms with Gasteiger partial charge in [-0.15, -0.1) is 24.8 Å². The number of carboxylic acid groups (broad SMARTS) is 1. The Morgan fingerprint density at radius 3 is 2.63 bits per heavy atom. The Hall–Kier alpha value is -1.04. The molecule has 1 aliphatic heterocycles. The van der Waals surface area contributed by atoms with Gasteiger partial charge in [0.1, 0.15) is 0 Å². The van der Waals surface area contributed by atoms with E-state index in [1.807, 2.05) is 0 Å². The standard InChI is InChI=1S/C11H11ClN2O3.2ClH/c12-9-5-13-3-1-8(9)10(15)14-4-2-7(6-14)11(16)17;;/h1,3,5,7H,2,4,6H2,(H,16,17);2*1H. The molecule has 1 aromatic heterocycles. The Balaban J connectivity index is 0.00000162. The first-order valence-electron chi connectivity index (χ1n) is 5.21. The monoisotopic (exact) mass is 326 g/mol. The molecule has 0 radical (unpaired) electrons. The zero-order chi connectivity index (χ0) is 12.4. The van der Waals surface area contributed by atoms with Crippen molar-refractivity contribution in [2.24, 2.45) is 5.92 Å². The van der Waals surface area contributed by atoms with Gasteiger partial charge in [0.05, 0.1) is 16.5 Å². The second kappa shape index (κ2) is 7.53. The number of carbonyl (C=O) groups excluding carboxylic acids is 1. The average molecular weight is 328 g/mol. The lowest BCUT2D eigenvalue weighted by Gasteiger charge is -2.16. The topological polar surface area (TPSA) is 70.5 Å². The van der Waals surface area contributed by atoms with Crippen LogP contribution in [0, 0.1) is 5.92 Å². The predicted molar refractivity (Wildman–Crippen MR) is 75.4 cm³/mol. The number of rotatable bonds is 2. The van der Waals surface area contributed by atoms with Crippen LogP contribution in [0.1, 0.15) is 16.8 Å². The van der Waals surface area contributed by atoms with Crippen molar-refractivity contribution < 1.29 is 14.7 Å². The summed E-state index contributed by atoms with van der Waals surface area (Å²) in [6.45, 7) is 0.696. The Bertz CT molecular complexity index is 470. The van der Waals surface area contributed by atoms with Crippen LogP contribution in [-0.4, -0.2) is 40.0 Å². The molecule has 1 unspecified atom stereocenters. The van der Waals surface area contributed by atoms with E-state index in [1.54, 1.807) is 6.07 Å². The summed E-state index contributed by atoms with van der Waals surface area (Å²) in [5, 5.41) is 9.15. The number of hydrogen-bond acceptors (Lipinski definition) is 3. The molecular weight excluding hydrogens is 314 g/mol. The van der Waals surface area contributed by atoms with Gasteiger partial charge in [-0.2, -0.15) is 0 Å². The number of aromatic nitrogens is 1. The molecule has 2 heterocycles. The minimum absolute atomic E-state index is 0. The van der Waals surface area contributed by atoms with E-state index in [-0.39, 0.29) is 42.3 Å². The van der Waals surface area contributed by atoms with Crippen molar-refractivity contribution in [3.05, 3.63) is 29.0 Å². The van der Waals surface area contributed by atoms with Gasteiger partial charge < -0.3 is 10.0 Å². The van der Waals surface area contributed by atoms with Crippen LogP contribution in [0.4, 0.5) is 0 Å². The van der Waals surface area contributed by atoms with E-state index in [4.69, 9.17) is 16.7 Å². The first kappa shape index (κ1) is 18.0. The number of carbonyl (C=O) groups is 2. The molecule has 1 fully saturated rings. The summed E-state index contributed by atoms with van der Waals surface area (Å²) in [7, 11) is 0. The number of nitrogens with zero attached hydrogens (tertiary/aromatic N) is 2. The SMILES string of the molecule is Cl.Cl.O=C(O)C1CCN(C(=O)c2ccncc2Cl)C1. The fraction of sp³-hybridized carbons (Fsp3) is 0.364. The van der Waals surface area contributed by atoms with Crippen molar-refractivity contribution >= 4 is 48.3 Å². The predicted octanol–water partition coefficient (Wildman–Crippen LogP) is 2.13. The highest BCUT2D eigenvalue weighted by molar-refractivity contribution is 6.33. The Morgan fingerprint density at radius 2 is 2.11 bits per heavy atom. The van der Waals surface area contributed by atoms with Crippen LogP contribution in [0.5, 0.6) is 0 Å². The third kappa shape index (κ3) is 3.96. The molecule has 0 aromatic carbocycles. The normalized spacial score (nSPS) is 17.3. The minimum atomic E-state index is -0.860. The van der Waals surface area contributed by atoms with Gasteiger partial charge in [-0.25, -0.2) is 0 Å². The van der Waals surface area contributed by atoms with Crippen LogP contribution >= 0.6 is 36.4 Å². The number of carboxylic acids is 1. The molecule has 0 aliphatic carbocycles. The van der Waals surface area contributed by atoms with Gasteiger partial charge in [0, 0.05) is 25.5 Å². The summed E-state index contributed by atoms with van der Waals surface area (Å²) < 4.78 is 0. The molecule has 1 atom stereocenters. The molecule has 1 N–H and O–H groups in total. The maximum Gasteiger partial charge on any atom is 0.308 e. The fourth-order valence-electron chi connectivity index (χ4n) is 1.87. The van der Waals surface area contributed by atoms with Crippen molar-refractivity contribution in [3.8, 4) is 0 Å². The maximum atomic E-state index is 12.1. The Kier molecular flexibility index (Phi) is 7.11. The van der Waals surface area contributed by atoms with Crippen LogP contribution in [0.3, 0.4) is 0 Å². The Morgan fingerprint density at radius 1 is 1.42 bits per heavy atom. The lowest BCUT2D eigenvalue weighted by atomic mass is 10.1. The molecular formula is C11H13Cl3N2O3. The molecule has 8 heteroatoms.